The van der Waals surface area contributed by atoms with Crippen LogP contribution >= 0.6 is 0 Å². The molecule has 5 nitrogen and oxygen atoms in total. The van der Waals surface area contributed by atoms with Crippen LogP contribution in [0.4, 0.5) is 13.2 Å². The van der Waals surface area contributed by atoms with E-state index in [1.165, 1.54) is 0 Å². The van der Waals surface area contributed by atoms with Crippen LogP contribution in [0.3, 0.4) is 0 Å². The minimum atomic E-state index is -1.21. The molecule has 0 aromatic heterocycles. The Kier molecular flexibility index (Phi) is 6.57. The molecule has 3 unspecified atom stereocenters. The quantitative estimate of drug-likeness (QED) is 0.625. The monoisotopic (exact) mass is 485 g/mol. The molecule has 0 spiro atoms. The topological polar surface area (TPSA) is 66.6 Å². The van der Waals surface area contributed by atoms with Crippen molar-refractivity contribution in [3.63, 3.8) is 0 Å². The lowest BCUT2D eigenvalue weighted by Crippen LogP contribution is -2.50. The minimum Gasteiger partial charge on any atom is -0.338 e. The Labute approximate surface area is 203 Å². The van der Waals surface area contributed by atoms with Crippen molar-refractivity contribution in [2.75, 3.05) is 6.54 Å². The van der Waals surface area contributed by atoms with E-state index in [9.17, 15) is 22.8 Å². The van der Waals surface area contributed by atoms with Gasteiger partial charge in [0.25, 0.3) is 5.91 Å². The lowest BCUT2D eigenvalue weighted by molar-refractivity contribution is -0.128. The fourth-order valence-electron chi connectivity index (χ4n) is 6.08. The molecule has 0 saturated carbocycles. The third kappa shape index (κ3) is 4.81. The van der Waals surface area contributed by atoms with Crippen molar-refractivity contribution in [1.29, 1.82) is 0 Å². The van der Waals surface area contributed by atoms with E-state index in [1.807, 2.05) is 34.1 Å². The lowest BCUT2D eigenvalue weighted by atomic mass is 9.82. The molecule has 3 saturated heterocycles. The fourth-order valence-corrected chi connectivity index (χ4v) is 6.08. The lowest BCUT2D eigenvalue weighted by Gasteiger charge is -2.41. The standard InChI is InChI=1S/C27H30F3N3O2/c28-22-14-24(30)23(29)12-18(22)13-25(31)19-10-20-6-7-21(11-19)33(20)27(35)17-4-1-3-16(9-17)15-32-8-2-5-26(32)34/h1,3-4,9,12,14,19-21,25H,2,5-8,10-11,13,15,31H2. The normalized spacial score (nSPS) is 24.8. The number of piperidine rings is 1. The summed E-state index contributed by atoms with van der Waals surface area (Å²) in [5, 5.41) is 0. The van der Waals surface area contributed by atoms with E-state index >= 15 is 0 Å². The van der Waals surface area contributed by atoms with Gasteiger partial charge in [0.2, 0.25) is 5.91 Å². The van der Waals surface area contributed by atoms with Crippen LogP contribution in [0.25, 0.3) is 0 Å². The molecule has 3 heterocycles. The molecule has 3 atom stereocenters. The van der Waals surface area contributed by atoms with Gasteiger partial charge in [-0.3, -0.25) is 9.59 Å². The van der Waals surface area contributed by atoms with Gasteiger partial charge in [-0.2, -0.15) is 0 Å². The number of nitrogens with two attached hydrogens (primary N) is 1. The number of rotatable bonds is 6. The molecule has 2 aromatic carbocycles. The van der Waals surface area contributed by atoms with Crippen molar-refractivity contribution < 1.29 is 22.8 Å². The third-order valence-corrected chi connectivity index (χ3v) is 7.87. The third-order valence-electron chi connectivity index (χ3n) is 7.87. The highest BCUT2D eigenvalue weighted by Gasteiger charge is 2.44. The molecule has 2 aromatic rings. The van der Waals surface area contributed by atoms with E-state index in [0.29, 0.717) is 37.4 Å². The van der Waals surface area contributed by atoms with E-state index in [2.05, 4.69) is 0 Å². The van der Waals surface area contributed by atoms with E-state index in [4.69, 9.17) is 5.73 Å². The Morgan fingerprint density at radius 3 is 2.43 bits per heavy atom. The number of carbonyl (C=O) groups is 2. The molecule has 2 N–H and O–H groups in total. The number of likely N-dealkylation sites (tertiary alicyclic amines) is 1. The van der Waals surface area contributed by atoms with Crippen molar-refractivity contribution >= 4 is 11.8 Å². The van der Waals surface area contributed by atoms with Crippen molar-refractivity contribution in [3.8, 4) is 0 Å². The van der Waals surface area contributed by atoms with Crippen LogP contribution in [0.2, 0.25) is 0 Å². The second-order valence-corrected chi connectivity index (χ2v) is 10.2. The first-order chi connectivity index (χ1) is 16.8. The Hall–Kier alpha value is -2.87. The fraction of sp³-hybridized carbons (Fsp3) is 0.481. The first kappa shape index (κ1) is 23.9. The molecule has 0 radical (unpaired) electrons. The molecule has 3 aliphatic heterocycles. The second-order valence-electron chi connectivity index (χ2n) is 10.2. The molecule has 5 rings (SSSR count). The van der Waals surface area contributed by atoms with E-state index in [1.54, 1.807) is 0 Å². The number of hydrogen-bond acceptors (Lipinski definition) is 3. The van der Waals surface area contributed by atoms with E-state index < -0.39 is 23.5 Å². The van der Waals surface area contributed by atoms with Crippen molar-refractivity contribution in [2.45, 2.75) is 69.6 Å². The Balaban J connectivity index is 1.25. The van der Waals surface area contributed by atoms with E-state index in [0.717, 1.165) is 37.4 Å². The molecule has 8 heteroatoms. The van der Waals surface area contributed by atoms with Gasteiger partial charge in [0.1, 0.15) is 5.82 Å². The van der Waals surface area contributed by atoms with Crippen LogP contribution in [-0.2, 0) is 17.8 Å². The van der Waals surface area contributed by atoms with Gasteiger partial charge in [0, 0.05) is 49.3 Å². The molecule has 3 aliphatic rings. The van der Waals surface area contributed by atoms with Gasteiger partial charge in [-0.25, -0.2) is 13.2 Å². The number of nitrogens with zero attached hydrogens (tertiary/aromatic N) is 2. The average molecular weight is 486 g/mol. The summed E-state index contributed by atoms with van der Waals surface area (Å²) in [6.07, 6.45) is 4.77. The van der Waals surface area contributed by atoms with Crippen LogP contribution in [0.15, 0.2) is 36.4 Å². The van der Waals surface area contributed by atoms with Gasteiger partial charge in [-0.1, -0.05) is 12.1 Å². The molecule has 2 amide bonds. The van der Waals surface area contributed by atoms with E-state index in [-0.39, 0.29) is 41.8 Å². The van der Waals surface area contributed by atoms with Crippen molar-refractivity contribution in [2.24, 2.45) is 11.7 Å². The molecule has 3 fully saturated rings. The maximum absolute atomic E-state index is 14.1. The highest BCUT2D eigenvalue weighted by molar-refractivity contribution is 5.95. The van der Waals surface area contributed by atoms with Gasteiger partial charge >= 0.3 is 0 Å². The predicted octanol–water partition coefficient (Wildman–Crippen LogP) is 4.18. The number of halogens is 3. The summed E-state index contributed by atoms with van der Waals surface area (Å²) in [5.41, 5.74) is 8.06. The zero-order valence-corrected chi connectivity index (χ0v) is 19.6. The Morgan fingerprint density at radius 1 is 1.03 bits per heavy atom. The zero-order chi connectivity index (χ0) is 24.7. The summed E-state index contributed by atoms with van der Waals surface area (Å²) < 4.78 is 41.0. The number of carbonyl (C=O) groups excluding carboxylic acids is 2. The van der Waals surface area contributed by atoms with Crippen LogP contribution in [0, 0.1) is 23.4 Å². The Bertz CT molecular complexity index is 1130. The molecule has 186 valence electrons. The summed E-state index contributed by atoms with van der Waals surface area (Å²) in [7, 11) is 0. The summed E-state index contributed by atoms with van der Waals surface area (Å²) in [5.74, 6) is -2.86. The summed E-state index contributed by atoms with van der Waals surface area (Å²) in [6.45, 7) is 1.27. The maximum atomic E-state index is 14.1. The maximum Gasteiger partial charge on any atom is 0.254 e. The number of benzene rings is 2. The predicted molar refractivity (Wildman–Crippen MR) is 125 cm³/mol. The van der Waals surface area contributed by atoms with Crippen molar-refractivity contribution in [1.82, 2.24) is 9.80 Å². The first-order valence-corrected chi connectivity index (χ1v) is 12.4. The Morgan fingerprint density at radius 2 is 1.74 bits per heavy atom. The highest BCUT2D eigenvalue weighted by Crippen LogP contribution is 2.41. The average Bonchev–Trinajstić information content (AvgIpc) is 3.35. The van der Waals surface area contributed by atoms with Crippen molar-refractivity contribution in [3.05, 3.63) is 70.5 Å². The van der Waals surface area contributed by atoms with Gasteiger partial charge in [-0.05, 0) is 73.8 Å². The SMILES string of the molecule is NC(Cc1cc(F)c(F)cc1F)C1CC2CCC(C1)N2C(=O)c1cccc(CN2CCCC2=O)c1. The molecular weight excluding hydrogens is 455 g/mol. The molecular formula is C27H30F3N3O2. The smallest absolute Gasteiger partial charge is 0.254 e. The zero-order valence-electron chi connectivity index (χ0n) is 19.6. The van der Waals surface area contributed by atoms with Crippen LogP contribution in [0.1, 0.15) is 60.0 Å². The second kappa shape index (κ2) is 9.64. The van der Waals surface area contributed by atoms with Gasteiger partial charge in [0.15, 0.2) is 11.6 Å². The number of fused-ring (bicyclic) bond motifs is 2. The summed E-state index contributed by atoms with van der Waals surface area (Å²) in [6, 6.07) is 8.67. The summed E-state index contributed by atoms with van der Waals surface area (Å²) in [4.78, 5) is 29.3. The summed E-state index contributed by atoms with van der Waals surface area (Å²) >= 11 is 0. The number of amides is 2. The van der Waals surface area contributed by atoms with Gasteiger partial charge in [-0.15, -0.1) is 0 Å². The molecule has 0 aliphatic carbocycles. The van der Waals surface area contributed by atoms with Crippen LogP contribution in [-0.4, -0.2) is 46.3 Å². The first-order valence-electron chi connectivity index (χ1n) is 12.4. The molecule has 2 bridgehead atoms. The largest absolute Gasteiger partial charge is 0.338 e. The minimum absolute atomic E-state index is 0.00855. The highest BCUT2D eigenvalue weighted by atomic mass is 19.2. The van der Waals surface area contributed by atoms with Gasteiger partial charge < -0.3 is 15.5 Å². The van der Waals surface area contributed by atoms with Crippen LogP contribution < -0.4 is 5.73 Å². The van der Waals surface area contributed by atoms with Crippen LogP contribution in [0.5, 0.6) is 0 Å². The van der Waals surface area contributed by atoms with Gasteiger partial charge in [0.05, 0.1) is 0 Å². The molecule has 35 heavy (non-hydrogen) atoms. The number of hydrogen-bond donors (Lipinski definition) is 1.